The summed E-state index contributed by atoms with van der Waals surface area (Å²) in [7, 11) is 3.40. The van der Waals surface area contributed by atoms with Crippen LogP contribution in [0.3, 0.4) is 0 Å². The summed E-state index contributed by atoms with van der Waals surface area (Å²) in [6.45, 7) is 3.52. The molecule has 0 aliphatic rings. The number of guanidine groups is 1. The van der Waals surface area contributed by atoms with Gasteiger partial charge < -0.3 is 15.4 Å². The van der Waals surface area contributed by atoms with Gasteiger partial charge in [0.25, 0.3) is 0 Å². The maximum atomic E-state index is 5.17. The van der Waals surface area contributed by atoms with E-state index in [1.165, 1.54) is 4.88 Å². The zero-order valence-electron chi connectivity index (χ0n) is 15.7. The molecule has 0 saturated heterocycles. The second-order valence-corrected chi connectivity index (χ2v) is 7.04. The summed E-state index contributed by atoms with van der Waals surface area (Å²) < 4.78 is 5.17. The maximum absolute atomic E-state index is 5.17. The largest absolute Gasteiger partial charge is 0.497 e. The molecule has 3 N–H and O–H groups in total. The molecule has 8 heteroatoms. The van der Waals surface area contributed by atoms with Crippen LogP contribution < -0.4 is 15.4 Å². The van der Waals surface area contributed by atoms with Gasteiger partial charge in [-0.05, 0) is 35.7 Å². The van der Waals surface area contributed by atoms with Gasteiger partial charge in [0.05, 0.1) is 13.7 Å². The number of aromatic amines is 1. The van der Waals surface area contributed by atoms with Gasteiger partial charge in [-0.1, -0.05) is 13.0 Å². The van der Waals surface area contributed by atoms with Gasteiger partial charge in [-0.15, -0.1) is 11.3 Å². The lowest BCUT2D eigenvalue weighted by molar-refractivity contribution is 0.415. The molecule has 2 heterocycles. The van der Waals surface area contributed by atoms with Crippen LogP contribution in [-0.2, 0) is 6.54 Å². The van der Waals surface area contributed by atoms with E-state index >= 15 is 0 Å². The Kier molecular flexibility index (Phi) is 6.43. The highest BCUT2D eigenvalue weighted by Crippen LogP contribution is 2.20. The van der Waals surface area contributed by atoms with Gasteiger partial charge in [-0.25, -0.2) is 4.98 Å². The lowest BCUT2D eigenvalue weighted by Gasteiger charge is -2.14. The van der Waals surface area contributed by atoms with Gasteiger partial charge in [-0.2, -0.15) is 5.10 Å². The normalized spacial score (nSPS) is 12.6. The molecule has 0 fully saturated rings. The number of H-pyrrole nitrogens is 1. The van der Waals surface area contributed by atoms with Crippen LogP contribution in [0.2, 0.25) is 0 Å². The van der Waals surface area contributed by atoms with Crippen molar-refractivity contribution in [1.82, 2.24) is 25.8 Å². The van der Waals surface area contributed by atoms with Crippen LogP contribution in [0.5, 0.6) is 5.75 Å². The third kappa shape index (κ3) is 5.07. The Morgan fingerprint density at radius 1 is 1.26 bits per heavy atom. The second-order valence-electron chi connectivity index (χ2n) is 6.06. The summed E-state index contributed by atoms with van der Waals surface area (Å²) in [6.07, 6.45) is 0. The number of aromatic nitrogens is 3. The number of rotatable bonds is 7. The van der Waals surface area contributed by atoms with Crippen molar-refractivity contribution in [3.63, 3.8) is 0 Å². The number of aliphatic imine (C=N–C) groups is 1. The van der Waals surface area contributed by atoms with Crippen molar-refractivity contribution < 1.29 is 4.74 Å². The third-order valence-electron chi connectivity index (χ3n) is 4.13. The van der Waals surface area contributed by atoms with E-state index in [4.69, 9.17) is 4.74 Å². The van der Waals surface area contributed by atoms with Crippen LogP contribution in [0, 0.1) is 0 Å². The molecule has 1 atom stereocenters. The molecule has 2 aromatic heterocycles. The SMILES string of the molecule is CN=C(NCc1nc(-c2ccc(OC)cc2)n[nH]1)NCC(C)c1cccs1. The fraction of sp³-hybridized carbons (Fsp3) is 0.316. The minimum Gasteiger partial charge on any atom is -0.497 e. The number of nitrogens with one attached hydrogen (secondary N) is 3. The van der Waals surface area contributed by atoms with Crippen LogP contribution >= 0.6 is 11.3 Å². The first-order valence-electron chi connectivity index (χ1n) is 8.73. The average Bonchev–Trinajstić information content (AvgIpc) is 3.40. The Bertz CT molecular complexity index is 857. The van der Waals surface area contributed by atoms with Crippen molar-refractivity contribution in [2.24, 2.45) is 4.99 Å². The number of methoxy groups -OCH3 is 1. The Labute approximate surface area is 162 Å². The fourth-order valence-electron chi connectivity index (χ4n) is 2.55. The highest BCUT2D eigenvalue weighted by Gasteiger charge is 2.09. The molecular formula is C19H24N6OS. The molecule has 7 nitrogen and oxygen atoms in total. The Morgan fingerprint density at radius 2 is 2.07 bits per heavy atom. The molecule has 0 radical (unpaired) electrons. The van der Waals surface area contributed by atoms with E-state index in [1.807, 2.05) is 24.3 Å². The molecule has 27 heavy (non-hydrogen) atoms. The van der Waals surface area contributed by atoms with Gasteiger partial charge in [0, 0.05) is 30.0 Å². The molecule has 0 bridgehead atoms. The molecule has 0 amide bonds. The minimum absolute atomic E-state index is 0.426. The Morgan fingerprint density at radius 3 is 2.74 bits per heavy atom. The van der Waals surface area contributed by atoms with Crippen LogP contribution in [0.15, 0.2) is 46.8 Å². The molecule has 0 saturated carbocycles. The van der Waals surface area contributed by atoms with Crippen molar-refractivity contribution in [2.45, 2.75) is 19.4 Å². The van der Waals surface area contributed by atoms with Crippen molar-refractivity contribution >= 4 is 17.3 Å². The van der Waals surface area contributed by atoms with Crippen LogP contribution in [0.25, 0.3) is 11.4 Å². The van der Waals surface area contributed by atoms with Crippen molar-refractivity contribution in [2.75, 3.05) is 20.7 Å². The third-order valence-corrected chi connectivity index (χ3v) is 5.24. The number of hydrogen-bond donors (Lipinski definition) is 3. The van der Waals surface area contributed by atoms with Crippen LogP contribution in [0.4, 0.5) is 0 Å². The second kappa shape index (κ2) is 9.18. The maximum Gasteiger partial charge on any atom is 0.191 e. The molecule has 142 valence electrons. The highest BCUT2D eigenvalue weighted by molar-refractivity contribution is 7.10. The lowest BCUT2D eigenvalue weighted by atomic mass is 10.1. The van der Waals surface area contributed by atoms with Crippen LogP contribution in [-0.4, -0.2) is 41.8 Å². The smallest absolute Gasteiger partial charge is 0.191 e. The summed E-state index contributed by atoms with van der Waals surface area (Å²) in [5.41, 5.74) is 0.936. The molecule has 0 spiro atoms. The summed E-state index contributed by atoms with van der Waals surface area (Å²) in [6, 6.07) is 11.9. The quantitative estimate of drug-likeness (QED) is 0.431. The first-order chi connectivity index (χ1) is 13.2. The molecule has 1 aromatic carbocycles. The topological polar surface area (TPSA) is 87.2 Å². The minimum atomic E-state index is 0.426. The number of thiophene rings is 1. The summed E-state index contributed by atoms with van der Waals surface area (Å²) in [5, 5.41) is 15.9. The zero-order chi connectivity index (χ0) is 19.1. The predicted octanol–water partition coefficient (Wildman–Crippen LogP) is 3.01. The Balaban J connectivity index is 1.52. The summed E-state index contributed by atoms with van der Waals surface area (Å²) in [5.74, 6) is 3.37. The molecule has 1 unspecified atom stereocenters. The van der Waals surface area contributed by atoms with E-state index in [2.05, 4.69) is 55.2 Å². The number of ether oxygens (including phenoxy) is 1. The Hall–Kier alpha value is -2.87. The van der Waals surface area contributed by atoms with E-state index in [0.717, 1.165) is 29.6 Å². The van der Waals surface area contributed by atoms with Crippen molar-refractivity contribution in [3.8, 4) is 17.1 Å². The van der Waals surface area contributed by atoms with E-state index in [1.54, 1.807) is 25.5 Å². The predicted molar refractivity (Wildman–Crippen MR) is 109 cm³/mol. The molecule has 0 aliphatic carbocycles. The van der Waals surface area contributed by atoms with E-state index in [9.17, 15) is 0 Å². The zero-order valence-corrected chi connectivity index (χ0v) is 16.5. The first kappa shape index (κ1) is 18.9. The van der Waals surface area contributed by atoms with Gasteiger partial charge in [0.1, 0.15) is 11.6 Å². The van der Waals surface area contributed by atoms with Crippen LogP contribution in [0.1, 0.15) is 23.5 Å². The summed E-state index contributed by atoms with van der Waals surface area (Å²) in [4.78, 5) is 10.1. The van der Waals surface area contributed by atoms with Crippen molar-refractivity contribution in [3.05, 3.63) is 52.5 Å². The van der Waals surface area contributed by atoms with Gasteiger partial charge in [-0.3, -0.25) is 10.1 Å². The highest BCUT2D eigenvalue weighted by atomic mass is 32.1. The lowest BCUT2D eigenvalue weighted by Crippen LogP contribution is -2.38. The average molecular weight is 385 g/mol. The fourth-order valence-corrected chi connectivity index (χ4v) is 3.34. The molecule has 3 rings (SSSR count). The van der Waals surface area contributed by atoms with E-state index in [0.29, 0.717) is 18.3 Å². The van der Waals surface area contributed by atoms with E-state index in [-0.39, 0.29) is 0 Å². The molecule has 0 aliphatic heterocycles. The number of benzene rings is 1. The van der Waals surface area contributed by atoms with Gasteiger partial charge >= 0.3 is 0 Å². The van der Waals surface area contributed by atoms with Crippen molar-refractivity contribution in [1.29, 1.82) is 0 Å². The van der Waals surface area contributed by atoms with E-state index < -0.39 is 0 Å². The first-order valence-corrected chi connectivity index (χ1v) is 9.61. The number of hydrogen-bond acceptors (Lipinski definition) is 5. The van der Waals surface area contributed by atoms with Gasteiger partial charge in [0.2, 0.25) is 0 Å². The monoisotopic (exact) mass is 384 g/mol. The molecular weight excluding hydrogens is 360 g/mol. The van der Waals surface area contributed by atoms with Gasteiger partial charge in [0.15, 0.2) is 11.8 Å². The standard InChI is InChI=1S/C19H24N6OS/c1-13(16-5-4-10-27-16)11-21-19(20-2)22-12-17-23-18(25-24-17)14-6-8-15(26-3)9-7-14/h4-10,13H,11-12H2,1-3H3,(H2,20,21,22)(H,23,24,25). The number of nitrogens with zero attached hydrogens (tertiary/aromatic N) is 3. The summed E-state index contributed by atoms with van der Waals surface area (Å²) >= 11 is 1.77. The molecule has 3 aromatic rings.